The number of piperidine rings is 1. The lowest BCUT2D eigenvalue weighted by molar-refractivity contribution is -0.138. The number of rotatable bonds is 6. The van der Waals surface area contributed by atoms with Gasteiger partial charge in [-0.2, -0.15) is 0 Å². The maximum Gasteiger partial charge on any atom is 0.225 e. The van der Waals surface area contributed by atoms with Crippen LogP contribution in [0.3, 0.4) is 0 Å². The Morgan fingerprint density at radius 1 is 1.36 bits per heavy atom. The fourth-order valence-electron chi connectivity index (χ4n) is 2.91. The molecule has 0 bridgehead atoms. The van der Waals surface area contributed by atoms with Crippen LogP contribution in [0.1, 0.15) is 23.4 Å². The van der Waals surface area contributed by atoms with E-state index in [0.717, 1.165) is 10.6 Å². The number of pyridine rings is 1. The van der Waals surface area contributed by atoms with E-state index < -0.39 is 0 Å². The second kappa shape index (κ2) is 8.45. The first-order valence-corrected chi connectivity index (χ1v) is 9.51. The Morgan fingerprint density at radius 2 is 2.24 bits per heavy atom. The lowest BCUT2D eigenvalue weighted by Crippen LogP contribution is -2.46. The van der Waals surface area contributed by atoms with Crippen molar-refractivity contribution in [1.29, 1.82) is 0 Å². The number of thiophene rings is 1. The van der Waals surface area contributed by atoms with E-state index in [1.165, 1.54) is 11.3 Å². The molecule has 132 valence electrons. The van der Waals surface area contributed by atoms with E-state index in [0.29, 0.717) is 43.2 Å². The predicted octanol–water partition coefficient (Wildman–Crippen LogP) is 2.89. The summed E-state index contributed by atoms with van der Waals surface area (Å²) in [7, 11) is 0. The van der Waals surface area contributed by atoms with Crippen LogP contribution in [0.15, 0.2) is 36.5 Å². The van der Waals surface area contributed by atoms with Crippen LogP contribution in [0, 0.1) is 5.92 Å². The summed E-state index contributed by atoms with van der Waals surface area (Å²) >= 11 is 7.36. The molecule has 2 aromatic heterocycles. The monoisotopic (exact) mass is 377 g/mol. The fraction of sp³-hybridized carbons (Fsp3) is 0.389. The molecule has 2 aromatic rings. The number of amides is 2. The van der Waals surface area contributed by atoms with Crippen LogP contribution in [0.4, 0.5) is 0 Å². The van der Waals surface area contributed by atoms with E-state index in [1.807, 2.05) is 30.3 Å². The van der Waals surface area contributed by atoms with Crippen molar-refractivity contribution >= 4 is 34.8 Å². The fourth-order valence-corrected chi connectivity index (χ4v) is 3.93. The van der Waals surface area contributed by atoms with Crippen molar-refractivity contribution in [3.05, 3.63) is 51.4 Å². The van der Waals surface area contributed by atoms with Crippen LogP contribution in [0.25, 0.3) is 0 Å². The van der Waals surface area contributed by atoms with Crippen molar-refractivity contribution in [2.75, 3.05) is 13.1 Å². The molecule has 0 spiro atoms. The van der Waals surface area contributed by atoms with Crippen LogP contribution in [0.2, 0.25) is 4.34 Å². The van der Waals surface area contributed by atoms with Gasteiger partial charge >= 0.3 is 0 Å². The van der Waals surface area contributed by atoms with Crippen molar-refractivity contribution < 1.29 is 9.59 Å². The van der Waals surface area contributed by atoms with Gasteiger partial charge in [0.2, 0.25) is 11.8 Å². The van der Waals surface area contributed by atoms with E-state index in [4.69, 9.17) is 11.6 Å². The molecule has 1 N–H and O–H groups in total. The van der Waals surface area contributed by atoms with Gasteiger partial charge in [-0.05, 0) is 30.7 Å². The molecule has 2 amide bonds. The van der Waals surface area contributed by atoms with Gasteiger partial charge in [0, 0.05) is 42.7 Å². The lowest BCUT2D eigenvalue weighted by atomic mass is 9.96. The van der Waals surface area contributed by atoms with Gasteiger partial charge in [-0.25, -0.2) is 0 Å². The second-order valence-electron chi connectivity index (χ2n) is 6.07. The highest BCUT2D eigenvalue weighted by molar-refractivity contribution is 7.16. The molecule has 3 heterocycles. The molecule has 0 unspecified atom stereocenters. The number of hydrogen-bond acceptors (Lipinski definition) is 4. The van der Waals surface area contributed by atoms with Gasteiger partial charge in [0.25, 0.3) is 0 Å². The summed E-state index contributed by atoms with van der Waals surface area (Å²) in [5.74, 6) is -0.0401. The van der Waals surface area contributed by atoms with E-state index in [9.17, 15) is 9.59 Å². The number of hydrogen-bond donors (Lipinski definition) is 1. The number of likely N-dealkylation sites (tertiary alicyclic amines) is 1. The summed E-state index contributed by atoms with van der Waals surface area (Å²) in [5, 5.41) is 2.95. The molecule has 0 saturated carbocycles. The Hall–Kier alpha value is -1.92. The first-order chi connectivity index (χ1) is 12.1. The second-order valence-corrected chi connectivity index (χ2v) is 7.87. The first kappa shape index (κ1) is 17.9. The summed E-state index contributed by atoms with van der Waals surface area (Å²) in [4.78, 5) is 31.6. The van der Waals surface area contributed by atoms with Gasteiger partial charge in [0.05, 0.1) is 16.8 Å². The molecular formula is C18H20ClN3O2S. The summed E-state index contributed by atoms with van der Waals surface area (Å²) in [5.41, 5.74) is 0.955. The maximum atomic E-state index is 12.4. The quantitative estimate of drug-likeness (QED) is 0.841. The smallest absolute Gasteiger partial charge is 0.225 e. The molecule has 7 heteroatoms. The molecule has 1 fully saturated rings. The Morgan fingerprint density at radius 3 is 2.96 bits per heavy atom. The number of nitrogens with zero attached hydrogens (tertiary/aromatic N) is 2. The van der Waals surface area contributed by atoms with E-state index in [1.54, 1.807) is 11.1 Å². The van der Waals surface area contributed by atoms with Gasteiger partial charge in [-0.3, -0.25) is 14.6 Å². The number of nitrogens with one attached hydrogen (secondary N) is 1. The van der Waals surface area contributed by atoms with Crippen molar-refractivity contribution in [2.24, 2.45) is 5.92 Å². The third kappa shape index (κ3) is 5.03. The van der Waals surface area contributed by atoms with Crippen molar-refractivity contribution in [2.45, 2.75) is 25.8 Å². The zero-order valence-electron chi connectivity index (χ0n) is 13.8. The number of carbonyl (C=O) groups excluding carboxylic acids is 2. The molecular weight excluding hydrogens is 358 g/mol. The van der Waals surface area contributed by atoms with Gasteiger partial charge in [-0.15, -0.1) is 11.3 Å². The molecule has 0 aromatic carbocycles. The molecule has 1 aliphatic heterocycles. The minimum absolute atomic E-state index is 0.000131. The predicted molar refractivity (Wildman–Crippen MR) is 98.4 cm³/mol. The van der Waals surface area contributed by atoms with Crippen LogP contribution >= 0.6 is 22.9 Å². The summed E-state index contributed by atoms with van der Waals surface area (Å²) in [6, 6.07) is 9.50. The molecule has 1 aliphatic rings. The van der Waals surface area contributed by atoms with Crippen LogP contribution in [-0.4, -0.2) is 34.8 Å². The Balaban J connectivity index is 1.50. The normalized spacial score (nSPS) is 17.6. The van der Waals surface area contributed by atoms with E-state index in [-0.39, 0.29) is 17.7 Å². The molecule has 1 atom stereocenters. The summed E-state index contributed by atoms with van der Waals surface area (Å²) in [6.45, 7) is 1.55. The topological polar surface area (TPSA) is 62.3 Å². The highest BCUT2D eigenvalue weighted by atomic mass is 35.5. The zero-order valence-corrected chi connectivity index (χ0v) is 15.4. The molecule has 1 saturated heterocycles. The minimum Gasteiger partial charge on any atom is -0.351 e. The van der Waals surface area contributed by atoms with E-state index >= 15 is 0 Å². The van der Waals surface area contributed by atoms with Gasteiger partial charge in [0.1, 0.15) is 0 Å². The van der Waals surface area contributed by atoms with Crippen LogP contribution < -0.4 is 5.32 Å². The average molecular weight is 378 g/mol. The van der Waals surface area contributed by atoms with Gasteiger partial charge in [0.15, 0.2) is 0 Å². The Kier molecular flexibility index (Phi) is 6.04. The standard InChI is InChI=1S/C18H20ClN3O2S/c19-16-6-5-15(25-16)11-21-18(24)13-4-7-17(23)22(12-13)10-8-14-3-1-2-9-20-14/h1-3,5-6,9,13H,4,7-8,10-12H2,(H,21,24)/t13-/m0/s1. The number of aromatic nitrogens is 1. The minimum atomic E-state index is -0.156. The van der Waals surface area contributed by atoms with Crippen molar-refractivity contribution in [1.82, 2.24) is 15.2 Å². The molecule has 0 aliphatic carbocycles. The van der Waals surface area contributed by atoms with Gasteiger partial charge < -0.3 is 10.2 Å². The molecule has 3 rings (SSSR count). The summed E-state index contributed by atoms with van der Waals surface area (Å²) < 4.78 is 0.716. The first-order valence-electron chi connectivity index (χ1n) is 8.31. The SMILES string of the molecule is O=C(NCc1ccc(Cl)s1)[C@H]1CCC(=O)N(CCc2ccccn2)C1. The van der Waals surface area contributed by atoms with Crippen LogP contribution in [-0.2, 0) is 22.6 Å². The van der Waals surface area contributed by atoms with Crippen LogP contribution in [0.5, 0.6) is 0 Å². The van der Waals surface area contributed by atoms with E-state index in [2.05, 4.69) is 10.3 Å². The Bertz CT molecular complexity index is 735. The highest BCUT2D eigenvalue weighted by Gasteiger charge is 2.29. The Labute approximate surface area is 156 Å². The molecule has 5 nitrogen and oxygen atoms in total. The zero-order chi connectivity index (χ0) is 17.6. The molecule has 25 heavy (non-hydrogen) atoms. The lowest BCUT2D eigenvalue weighted by Gasteiger charge is -2.31. The third-order valence-electron chi connectivity index (χ3n) is 4.30. The van der Waals surface area contributed by atoms with Gasteiger partial charge in [-0.1, -0.05) is 17.7 Å². The largest absolute Gasteiger partial charge is 0.351 e. The molecule has 0 radical (unpaired) electrons. The summed E-state index contributed by atoms with van der Waals surface area (Å²) in [6.07, 6.45) is 3.48. The van der Waals surface area contributed by atoms with Crippen molar-refractivity contribution in [3.8, 4) is 0 Å². The highest BCUT2D eigenvalue weighted by Crippen LogP contribution is 2.22. The van der Waals surface area contributed by atoms with Crippen molar-refractivity contribution in [3.63, 3.8) is 0 Å². The third-order valence-corrected chi connectivity index (χ3v) is 5.53. The number of halogens is 1. The average Bonchev–Trinajstić information content (AvgIpc) is 3.05. The maximum absolute atomic E-state index is 12.4. The number of carbonyl (C=O) groups is 2.